The van der Waals surface area contributed by atoms with E-state index in [9.17, 15) is 5.11 Å². The van der Waals surface area contributed by atoms with Crippen LogP contribution in [0.4, 0.5) is 0 Å². The fraction of sp³-hybridized carbons (Fsp3) is 0.583. The molecule has 1 aromatic heterocycles. The summed E-state index contributed by atoms with van der Waals surface area (Å²) in [5, 5.41) is 9.80. The number of pyridine rings is 1. The molecule has 0 bridgehead atoms. The maximum Gasteiger partial charge on any atom is 0.0807 e. The van der Waals surface area contributed by atoms with Crippen LogP contribution in [0.5, 0.6) is 0 Å². The Hall–Kier alpha value is -0.930. The molecule has 0 aliphatic heterocycles. The summed E-state index contributed by atoms with van der Waals surface area (Å²) in [7, 11) is 0. The summed E-state index contributed by atoms with van der Waals surface area (Å²) in [5.41, 5.74) is 9.03. The molecule has 0 amide bonds. The molecule has 3 rings (SSSR count). The summed E-state index contributed by atoms with van der Waals surface area (Å²) in [4.78, 5) is 4.61. The Kier molecular flexibility index (Phi) is 1.88. The number of aryl methyl sites for hydroxylation is 1. The average Bonchev–Trinajstić information content (AvgIpc) is 2.98. The first-order chi connectivity index (χ1) is 7.19. The van der Waals surface area contributed by atoms with Gasteiger partial charge in [0.25, 0.3) is 0 Å². The van der Waals surface area contributed by atoms with Gasteiger partial charge >= 0.3 is 0 Å². The van der Waals surface area contributed by atoms with Gasteiger partial charge in [0.2, 0.25) is 0 Å². The van der Waals surface area contributed by atoms with Crippen molar-refractivity contribution >= 4 is 0 Å². The third-order valence-electron chi connectivity index (χ3n) is 3.56. The fourth-order valence-electron chi connectivity index (χ4n) is 2.30. The second-order valence-electron chi connectivity index (χ2n) is 4.80. The summed E-state index contributed by atoms with van der Waals surface area (Å²) in [5.74, 6) is 0. The monoisotopic (exact) mass is 204 g/mol. The van der Waals surface area contributed by atoms with E-state index >= 15 is 0 Å². The first-order valence-corrected chi connectivity index (χ1v) is 5.66. The van der Waals surface area contributed by atoms with Crippen LogP contribution in [0.3, 0.4) is 0 Å². The number of aromatic nitrogens is 1. The first-order valence-electron chi connectivity index (χ1n) is 5.66. The van der Waals surface area contributed by atoms with Crippen LogP contribution >= 0.6 is 0 Å². The first kappa shape index (κ1) is 9.31. The number of nitrogens with zero attached hydrogens (tertiary/aromatic N) is 1. The quantitative estimate of drug-likeness (QED) is 0.727. The van der Waals surface area contributed by atoms with E-state index in [2.05, 4.69) is 4.98 Å². The Morgan fingerprint density at radius 3 is 2.93 bits per heavy atom. The van der Waals surface area contributed by atoms with Crippen LogP contribution < -0.4 is 5.73 Å². The number of nitrogens with two attached hydrogens (primary N) is 1. The normalized spacial score (nSPS) is 27.2. The number of rotatable bonds is 1. The van der Waals surface area contributed by atoms with E-state index in [1.807, 2.05) is 12.1 Å². The molecule has 1 unspecified atom stereocenters. The number of hydrogen-bond acceptors (Lipinski definition) is 3. The molecule has 1 fully saturated rings. The standard InChI is InChI=1S/C12H16N2O/c13-12(6-7-12)11-5-4-8-9(14-11)2-1-3-10(8)15/h4-5,10,15H,1-3,6-7,13H2. The smallest absolute Gasteiger partial charge is 0.0807 e. The minimum absolute atomic E-state index is 0.155. The fourth-order valence-corrected chi connectivity index (χ4v) is 2.30. The second kappa shape index (κ2) is 3.03. The van der Waals surface area contributed by atoms with Gasteiger partial charge in [-0.15, -0.1) is 0 Å². The van der Waals surface area contributed by atoms with Crippen molar-refractivity contribution in [2.24, 2.45) is 5.73 Å². The molecule has 1 saturated carbocycles. The molecule has 1 atom stereocenters. The predicted molar refractivity (Wildman–Crippen MR) is 57.2 cm³/mol. The van der Waals surface area contributed by atoms with E-state index in [1.165, 1.54) is 0 Å². The van der Waals surface area contributed by atoms with Gasteiger partial charge in [0.1, 0.15) is 0 Å². The van der Waals surface area contributed by atoms with Crippen molar-refractivity contribution in [3.05, 3.63) is 29.1 Å². The largest absolute Gasteiger partial charge is 0.388 e. The molecule has 0 saturated heterocycles. The summed E-state index contributed by atoms with van der Waals surface area (Å²) >= 11 is 0. The van der Waals surface area contributed by atoms with Crippen molar-refractivity contribution in [2.75, 3.05) is 0 Å². The maximum atomic E-state index is 9.80. The lowest BCUT2D eigenvalue weighted by Gasteiger charge is -2.21. The van der Waals surface area contributed by atoms with Crippen molar-refractivity contribution in [1.82, 2.24) is 4.98 Å². The molecule has 3 nitrogen and oxygen atoms in total. The Morgan fingerprint density at radius 2 is 2.20 bits per heavy atom. The number of hydrogen-bond donors (Lipinski definition) is 2. The minimum Gasteiger partial charge on any atom is -0.388 e. The lowest BCUT2D eigenvalue weighted by atomic mass is 9.92. The molecule has 2 aliphatic carbocycles. The molecule has 0 radical (unpaired) electrons. The SMILES string of the molecule is NC1(c2ccc3c(n2)CCCC3O)CC1. The molecule has 2 aliphatic rings. The van der Waals surface area contributed by atoms with Gasteiger partial charge in [0, 0.05) is 11.3 Å². The zero-order valence-corrected chi connectivity index (χ0v) is 8.74. The van der Waals surface area contributed by atoms with Gasteiger partial charge in [-0.3, -0.25) is 4.98 Å². The highest BCUT2D eigenvalue weighted by Gasteiger charge is 2.41. The molecule has 1 heterocycles. The number of aliphatic hydroxyl groups excluding tert-OH is 1. The van der Waals surface area contributed by atoms with Gasteiger partial charge in [-0.25, -0.2) is 0 Å². The topological polar surface area (TPSA) is 59.1 Å². The van der Waals surface area contributed by atoms with E-state index in [1.54, 1.807) is 0 Å². The van der Waals surface area contributed by atoms with E-state index < -0.39 is 0 Å². The molecule has 0 spiro atoms. The van der Waals surface area contributed by atoms with Crippen molar-refractivity contribution in [1.29, 1.82) is 0 Å². The Morgan fingerprint density at radius 1 is 1.40 bits per heavy atom. The number of fused-ring (bicyclic) bond motifs is 1. The molecule has 80 valence electrons. The van der Waals surface area contributed by atoms with E-state index in [-0.39, 0.29) is 11.6 Å². The third kappa shape index (κ3) is 1.46. The molecule has 3 N–H and O–H groups in total. The Balaban J connectivity index is 2.02. The van der Waals surface area contributed by atoms with Crippen molar-refractivity contribution < 1.29 is 5.11 Å². The average molecular weight is 204 g/mol. The Bertz CT molecular complexity index is 399. The summed E-state index contributed by atoms with van der Waals surface area (Å²) in [6, 6.07) is 3.99. The zero-order valence-electron chi connectivity index (χ0n) is 8.74. The second-order valence-corrected chi connectivity index (χ2v) is 4.80. The van der Waals surface area contributed by atoms with Crippen LogP contribution in [0.15, 0.2) is 12.1 Å². The van der Waals surface area contributed by atoms with Crippen LogP contribution in [0, 0.1) is 0 Å². The van der Waals surface area contributed by atoms with Crippen LogP contribution in [0.1, 0.15) is 48.7 Å². The number of aliphatic hydroxyl groups is 1. The predicted octanol–water partition coefficient (Wildman–Crippen LogP) is 1.40. The highest BCUT2D eigenvalue weighted by atomic mass is 16.3. The maximum absolute atomic E-state index is 9.80. The lowest BCUT2D eigenvalue weighted by molar-refractivity contribution is 0.155. The highest BCUT2D eigenvalue weighted by Crippen LogP contribution is 2.42. The van der Waals surface area contributed by atoms with Crippen molar-refractivity contribution in [3.63, 3.8) is 0 Å². The van der Waals surface area contributed by atoms with E-state index in [4.69, 9.17) is 5.73 Å². The van der Waals surface area contributed by atoms with Gasteiger partial charge in [0.15, 0.2) is 0 Å². The molecule has 0 aromatic carbocycles. The zero-order chi connectivity index (χ0) is 10.5. The third-order valence-corrected chi connectivity index (χ3v) is 3.56. The summed E-state index contributed by atoms with van der Waals surface area (Å²) in [6.45, 7) is 0. The van der Waals surface area contributed by atoms with Gasteiger partial charge < -0.3 is 10.8 Å². The molecule has 15 heavy (non-hydrogen) atoms. The van der Waals surface area contributed by atoms with Crippen LogP contribution in [0.2, 0.25) is 0 Å². The van der Waals surface area contributed by atoms with Crippen molar-refractivity contribution in [2.45, 2.75) is 43.7 Å². The van der Waals surface area contributed by atoms with Gasteiger partial charge in [0.05, 0.1) is 17.3 Å². The molecular weight excluding hydrogens is 188 g/mol. The Labute approximate surface area is 89.3 Å². The summed E-state index contributed by atoms with van der Waals surface area (Å²) in [6.07, 6.45) is 4.64. The van der Waals surface area contributed by atoms with Crippen LogP contribution in [-0.2, 0) is 12.0 Å². The molecule has 3 heteroatoms. The van der Waals surface area contributed by atoms with Gasteiger partial charge in [-0.1, -0.05) is 6.07 Å². The van der Waals surface area contributed by atoms with Gasteiger partial charge in [-0.2, -0.15) is 0 Å². The minimum atomic E-state index is -0.316. The summed E-state index contributed by atoms with van der Waals surface area (Å²) < 4.78 is 0. The molecular formula is C12H16N2O. The van der Waals surface area contributed by atoms with Gasteiger partial charge in [-0.05, 0) is 38.2 Å². The van der Waals surface area contributed by atoms with Crippen LogP contribution in [-0.4, -0.2) is 10.1 Å². The van der Waals surface area contributed by atoms with E-state index in [0.29, 0.717) is 0 Å². The van der Waals surface area contributed by atoms with Crippen LogP contribution in [0.25, 0.3) is 0 Å². The lowest BCUT2D eigenvalue weighted by Crippen LogP contribution is -2.22. The van der Waals surface area contributed by atoms with Crippen molar-refractivity contribution in [3.8, 4) is 0 Å². The van der Waals surface area contributed by atoms with E-state index in [0.717, 1.165) is 49.1 Å². The molecule has 1 aromatic rings. The highest BCUT2D eigenvalue weighted by molar-refractivity contribution is 5.32.